The summed E-state index contributed by atoms with van der Waals surface area (Å²) in [5.41, 5.74) is 6.62. The summed E-state index contributed by atoms with van der Waals surface area (Å²) in [6, 6.07) is 2.74. The van der Waals surface area contributed by atoms with Crippen molar-refractivity contribution in [3.63, 3.8) is 0 Å². The first kappa shape index (κ1) is 14.2. The largest absolute Gasteiger partial charge is 0.397 e. The van der Waals surface area contributed by atoms with Crippen molar-refractivity contribution in [3.8, 4) is 0 Å². The highest BCUT2D eigenvalue weighted by atomic mass is 79.9. The number of sulfone groups is 1. The lowest BCUT2D eigenvalue weighted by molar-refractivity contribution is 0.601. The zero-order valence-electron chi connectivity index (χ0n) is 9.57. The molecule has 0 aliphatic heterocycles. The van der Waals surface area contributed by atoms with E-state index in [9.17, 15) is 12.8 Å². The van der Waals surface area contributed by atoms with Gasteiger partial charge in [0, 0.05) is 25.9 Å². The number of hydrogen-bond donors (Lipinski definition) is 1. The van der Waals surface area contributed by atoms with Gasteiger partial charge in [0.15, 0.2) is 0 Å². The molecule has 96 valence electrons. The van der Waals surface area contributed by atoms with Gasteiger partial charge in [0.25, 0.3) is 0 Å². The number of hydrogen-bond acceptors (Lipinski definition) is 4. The number of halogens is 2. The predicted molar refractivity (Wildman–Crippen MR) is 71.5 cm³/mol. The van der Waals surface area contributed by atoms with Gasteiger partial charge in [0.2, 0.25) is 0 Å². The maximum Gasteiger partial charge on any atom is 0.149 e. The topological polar surface area (TPSA) is 63.4 Å². The lowest BCUT2D eigenvalue weighted by Gasteiger charge is -2.21. The maximum atomic E-state index is 13.3. The van der Waals surface area contributed by atoms with Crippen molar-refractivity contribution in [2.24, 2.45) is 0 Å². The van der Waals surface area contributed by atoms with Gasteiger partial charge in [-0.2, -0.15) is 0 Å². The molecule has 0 saturated heterocycles. The fourth-order valence-electron chi connectivity index (χ4n) is 1.31. The van der Waals surface area contributed by atoms with E-state index in [1.54, 1.807) is 11.9 Å². The molecule has 0 aliphatic rings. The number of anilines is 2. The van der Waals surface area contributed by atoms with Gasteiger partial charge in [0.1, 0.15) is 15.7 Å². The summed E-state index contributed by atoms with van der Waals surface area (Å²) in [5, 5.41) is 0. The van der Waals surface area contributed by atoms with Gasteiger partial charge in [-0.1, -0.05) is 0 Å². The molecule has 0 bridgehead atoms. The van der Waals surface area contributed by atoms with E-state index in [0.717, 1.165) is 6.26 Å². The van der Waals surface area contributed by atoms with Crippen LogP contribution in [0.3, 0.4) is 0 Å². The van der Waals surface area contributed by atoms with Gasteiger partial charge >= 0.3 is 0 Å². The van der Waals surface area contributed by atoms with Crippen molar-refractivity contribution in [1.82, 2.24) is 0 Å². The Morgan fingerprint density at radius 2 is 2.06 bits per heavy atom. The van der Waals surface area contributed by atoms with Crippen molar-refractivity contribution in [1.29, 1.82) is 0 Å². The number of nitrogens with zero attached hydrogens (tertiary/aromatic N) is 1. The minimum absolute atomic E-state index is 0.000618. The minimum Gasteiger partial charge on any atom is -0.397 e. The Balaban J connectivity index is 2.89. The van der Waals surface area contributed by atoms with E-state index in [2.05, 4.69) is 15.9 Å². The standard InChI is InChI=1S/C10H14BrFN2O2S/c1-14(3-4-17(2,15)16)10-6-8(12)7(11)5-9(10)13/h5-6H,3-4,13H2,1-2H3. The van der Waals surface area contributed by atoms with Crippen LogP contribution in [0.1, 0.15) is 0 Å². The van der Waals surface area contributed by atoms with Crippen LogP contribution in [0.15, 0.2) is 16.6 Å². The fraction of sp³-hybridized carbons (Fsp3) is 0.400. The van der Waals surface area contributed by atoms with Crippen molar-refractivity contribution >= 4 is 37.1 Å². The van der Waals surface area contributed by atoms with Gasteiger partial charge < -0.3 is 10.6 Å². The highest BCUT2D eigenvalue weighted by molar-refractivity contribution is 9.10. The SMILES string of the molecule is CN(CCS(C)(=O)=O)c1cc(F)c(Br)cc1N. The normalized spacial score (nSPS) is 11.5. The Morgan fingerprint density at radius 3 is 2.59 bits per heavy atom. The molecule has 1 rings (SSSR count). The van der Waals surface area contributed by atoms with E-state index in [0.29, 0.717) is 11.4 Å². The second-order valence-electron chi connectivity index (χ2n) is 3.88. The molecule has 0 amide bonds. The molecule has 1 aromatic carbocycles. The molecular weight excluding hydrogens is 311 g/mol. The Hall–Kier alpha value is -0.820. The molecule has 0 spiro atoms. The average Bonchev–Trinajstić information content (AvgIpc) is 2.19. The predicted octanol–water partition coefficient (Wildman–Crippen LogP) is 1.65. The lowest BCUT2D eigenvalue weighted by Crippen LogP contribution is -2.25. The third-order valence-electron chi connectivity index (χ3n) is 2.28. The smallest absolute Gasteiger partial charge is 0.149 e. The summed E-state index contributed by atoms with van der Waals surface area (Å²) >= 11 is 3.03. The Morgan fingerprint density at radius 1 is 1.47 bits per heavy atom. The summed E-state index contributed by atoms with van der Waals surface area (Å²) in [5.74, 6) is -0.430. The second-order valence-corrected chi connectivity index (χ2v) is 6.99. The van der Waals surface area contributed by atoms with Crippen LogP contribution in [0.4, 0.5) is 15.8 Å². The Bertz CT molecular complexity index is 519. The summed E-state index contributed by atoms with van der Waals surface area (Å²) < 4.78 is 35.7. The van der Waals surface area contributed by atoms with Crippen LogP contribution in [0.2, 0.25) is 0 Å². The highest BCUT2D eigenvalue weighted by Crippen LogP contribution is 2.28. The number of benzene rings is 1. The van der Waals surface area contributed by atoms with E-state index < -0.39 is 15.7 Å². The first-order valence-corrected chi connectivity index (χ1v) is 7.69. The highest BCUT2D eigenvalue weighted by Gasteiger charge is 2.12. The van der Waals surface area contributed by atoms with Gasteiger partial charge in [-0.3, -0.25) is 0 Å². The summed E-state index contributed by atoms with van der Waals surface area (Å²) in [4.78, 5) is 1.62. The molecule has 2 N–H and O–H groups in total. The first-order valence-electron chi connectivity index (χ1n) is 4.84. The molecule has 0 fully saturated rings. The van der Waals surface area contributed by atoms with Crippen molar-refractivity contribution < 1.29 is 12.8 Å². The minimum atomic E-state index is -3.04. The lowest BCUT2D eigenvalue weighted by atomic mass is 10.2. The average molecular weight is 325 g/mol. The van der Waals surface area contributed by atoms with E-state index in [-0.39, 0.29) is 16.8 Å². The number of nitrogen functional groups attached to an aromatic ring is 1. The van der Waals surface area contributed by atoms with Gasteiger partial charge in [-0.05, 0) is 22.0 Å². The number of rotatable bonds is 4. The van der Waals surface area contributed by atoms with Crippen LogP contribution >= 0.6 is 15.9 Å². The van der Waals surface area contributed by atoms with Crippen molar-refractivity contribution in [3.05, 3.63) is 22.4 Å². The Kier molecular flexibility index (Phi) is 4.37. The van der Waals surface area contributed by atoms with Crippen LogP contribution in [0, 0.1) is 5.82 Å². The molecule has 0 heterocycles. The first-order chi connectivity index (χ1) is 7.70. The van der Waals surface area contributed by atoms with Crippen LogP contribution in [-0.4, -0.2) is 34.0 Å². The molecule has 1 aromatic rings. The zero-order valence-corrected chi connectivity index (χ0v) is 12.0. The van der Waals surface area contributed by atoms with E-state index in [1.165, 1.54) is 12.1 Å². The molecule has 0 atom stereocenters. The fourth-order valence-corrected chi connectivity index (χ4v) is 2.27. The van der Waals surface area contributed by atoms with E-state index in [1.807, 2.05) is 0 Å². The summed E-state index contributed by atoms with van der Waals surface area (Å²) in [7, 11) is -1.37. The van der Waals surface area contributed by atoms with E-state index in [4.69, 9.17) is 5.73 Å². The van der Waals surface area contributed by atoms with Crippen molar-refractivity contribution in [2.75, 3.05) is 36.2 Å². The Labute approximate surface area is 109 Å². The van der Waals surface area contributed by atoms with Gasteiger partial charge in [-0.15, -0.1) is 0 Å². The third kappa shape index (κ3) is 4.16. The molecule has 7 heteroatoms. The number of nitrogens with two attached hydrogens (primary N) is 1. The molecular formula is C10H14BrFN2O2S. The quantitative estimate of drug-likeness (QED) is 0.855. The van der Waals surface area contributed by atoms with Crippen LogP contribution in [0.25, 0.3) is 0 Å². The maximum absolute atomic E-state index is 13.3. The van der Waals surface area contributed by atoms with Crippen LogP contribution in [0.5, 0.6) is 0 Å². The molecule has 4 nitrogen and oxygen atoms in total. The molecule has 0 aliphatic carbocycles. The van der Waals surface area contributed by atoms with Crippen LogP contribution in [-0.2, 0) is 9.84 Å². The van der Waals surface area contributed by atoms with Crippen LogP contribution < -0.4 is 10.6 Å². The second kappa shape index (κ2) is 5.22. The molecule has 0 saturated carbocycles. The summed E-state index contributed by atoms with van der Waals surface area (Å²) in [6.07, 6.45) is 1.16. The van der Waals surface area contributed by atoms with E-state index >= 15 is 0 Å². The van der Waals surface area contributed by atoms with Gasteiger partial charge in [0.05, 0.1) is 21.6 Å². The van der Waals surface area contributed by atoms with Crippen molar-refractivity contribution in [2.45, 2.75) is 0 Å². The monoisotopic (exact) mass is 324 g/mol. The molecule has 0 aromatic heterocycles. The van der Waals surface area contributed by atoms with Gasteiger partial charge in [-0.25, -0.2) is 12.8 Å². The molecule has 17 heavy (non-hydrogen) atoms. The zero-order chi connectivity index (χ0) is 13.2. The summed E-state index contributed by atoms with van der Waals surface area (Å²) in [6.45, 7) is 0.268. The molecule has 0 radical (unpaired) electrons. The molecule has 0 unspecified atom stereocenters. The third-order valence-corrected chi connectivity index (χ3v) is 3.81.